The van der Waals surface area contributed by atoms with Crippen LogP contribution in [0, 0.1) is 5.92 Å². The van der Waals surface area contributed by atoms with Gasteiger partial charge in [0.25, 0.3) is 0 Å². The molecule has 0 aliphatic carbocycles. The van der Waals surface area contributed by atoms with Crippen molar-refractivity contribution in [2.45, 2.75) is 32.8 Å². The van der Waals surface area contributed by atoms with Crippen molar-refractivity contribution >= 4 is 34.7 Å². The van der Waals surface area contributed by atoms with E-state index in [4.69, 9.17) is 4.74 Å². The van der Waals surface area contributed by atoms with Crippen molar-refractivity contribution in [2.24, 2.45) is 5.92 Å². The minimum atomic E-state index is -0.835. The van der Waals surface area contributed by atoms with Gasteiger partial charge in [0, 0.05) is 22.6 Å². The maximum Gasteiger partial charge on any atom is 0.333 e. The third-order valence-corrected chi connectivity index (χ3v) is 5.91. The lowest BCUT2D eigenvalue weighted by atomic mass is 10.0. The minimum absolute atomic E-state index is 0.349. The van der Waals surface area contributed by atoms with E-state index in [1.165, 1.54) is 31.6 Å². The van der Waals surface area contributed by atoms with E-state index in [9.17, 15) is 9.90 Å². The molecular weight excluding hydrogens is 384 g/mol. The molecule has 0 fully saturated rings. The number of carbonyl (C=O) groups is 1. The highest BCUT2D eigenvalue weighted by molar-refractivity contribution is 7.14. The number of ether oxygens (including phenoxy) is 2. The Bertz CT molecular complexity index is 823. The predicted molar refractivity (Wildman–Crippen MR) is 109 cm³/mol. The maximum atomic E-state index is 11.4. The summed E-state index contributed by atoms with van der Waals surface area (Å²) in [7, 11) is 2.74. The highest BCUT2D eigenvalue weighted by atomic mass is 32.1. The van der Waals surface area contributed by atoms with E-state index < -0.39 is 18.0 Å². The van der Waals surface area contributed by atoms with Crippen molar-refractivity contribution in [1.29, 1.82) is 0 Å². The first-order chi connectivity index (χ1) is 12.8. The van der Waals surface area contributed by atoms with Crippen LogP contribution in [0.25, 0.3) is 16.8 Å². The molecule has 0 radical (unpaired) electrons. The fraction of sp³-hybridized carbons (Fsp3) is 0.421. The first kappa shape index (κ1) is 21.3. The number of methoxy groups -OCH3 is 2. The zero-order valence-electron chi connectivity index (χ0n) is 16.0. The monoisotopic (exact) mass is 408 g/mol. The van der Waals surface area contributed by atoms with E-state index in [2.05, 4.69) is 28.6 Å². The molecule has 6 nitrogen and oxygen atoms in total. The van der Waals surface area contributed by atoms with Gasteiger partial charge in [0.1, 0.15) is 16.5 Å². The van der Waals surface area contributed by atoms with Gasteiger partial charge < -0.3 is 14.6 Å². The Morgan fingerprint density at radius 2 is 1.89 bits per heavy atom. The number of nitrogens with zero attached hydrogens (tertiary/aromatic N) is 2. The molecule has 0 unspecified atom stereocenters. The maximum absolute atomic E-state index is 11.4. The van der Waals surface area contributed by atoms with E-state index in [-0.39, 0.29) is 0 Å². The molecule has 2 heterocycles. The van der Waals surface area contributed by atoms with Gasteiger partial charge >= 0.3 is 5.97 Å². The van der Waals surface area contributed by atoms with E-state index in [0.717, 1.165) is 21.4 Å². The molecule has 8 heteroatoms. The van der Waals surface area contributed by atoms with Crippen LogP contribution in [-0.4, -0.2) is 41.4 Å². The van der Waals surface area contributed by atoms with Crippen LogP contribution in [0.2, 0.25) is 0 Å². The second-order valence-electron chi connectivity index (χ2n) is 6.22. The summed E-state index contributed by atoms with van der Waals surface area (Å²) in [6, 6.07) is 0. The van der Waals surface area contributed by atoms with Gasteiger partial charge in [-0.25, -0.2) is 14.8 Å². The highest BCUT2D eigenvalue weighted by Gasteiger charge is 2.19. The van der Waals surface area contributed by atoms with Gasteiger partial charge in [0.15, 0.2) is 0 Å². The van der Waals surface area contributed by atoms with Crippen LogP contribution in [-0.2, 0) is 14.3 Å². The summed E-state index contributed by atoms with van der Waals surface area (Å²) in [5.41, 5.74) is 1.63. The highest BCUT2D eigenvalue weighted by Crippen LogP contribution is 2.29. The lowest BCUT2D eigenvalue weighted by Crippen LogP contribution is -2.19. The summed E-state index contributed by atoms with van der Waals surface area (Å²) in [6.45, 7) is 6.00. The molecule has 0 aliphatic rings. The van der Waals surface area contributed by atoms with E-state index in [0.29, 0.717) is 11.7 Å². The zero-order chi connectivity index (χ0) is 20.0. The van der Waals surface area contributed by atoms with Crippen molar-refractivity contribution in [3.05, 3.63) is 39.4 Å². The molecular formula is C19H24N2O4S2. The fourth-order valence-electron chi connectivity index (χ4n) is 2.21. The van der Waals surface area contributed by atoms with E-state index >= 15 is 0 Å². The van der Waals surface area contributed by atoms with E-state index in [1.807, 2.05) is 10.8 Å². The fourth-order valence-corrected chi connectivity index (χ4v) is 3.86. The van der Waals surface area contributed by atoms with Crippen LogP contribution in [0.3, 0.4) is 0 Å². The number of rotatable bonds is 8. The number of hydrogen-bond donors (Lipinski definition) is 1. The van der Waals surface area contributed by atoms with Crippen LogP contribution in [0.5, 0.6) is 0 Å². The summed E-state index contributed by atoms with van der Waals surface area (Å²) in [5.74, 6) is -0.187. The third kappa shape index (κ3) is 5.72. The van der Waals surface area contributed by atoms with Crippen LogP contribution in [0.4, 0.5) is 0 Å². The SMILES string of the molecule is COC(=O)/C=C(\OC)[C@H](C)[C@@H](O)/C=C/c1csc(-c2csc(C(C)C)n2)n1. The Balaban J connectivity index is 2.07. The van der Waals surface area contributed by atoms with Gasteiger partial charge in [-0.05, 0) is 6.08 Å². The van der Waals surface area contributed by atoms with Gasteiger partial charge in [-0.2, -0.15) is 0 Å². The third-order valence-electron chi connectivity index (χ3n) is 3.88. The molecule has 2 atom stereocenters. The molecule has 0 aliphatic heterocycles. The number of aromatic nitrogens is 2. The number of hydrogen-bond acceptors (Lipinski definition) is 8. The first-order valence-electron chi connectivity index (χ1n) is 8.46. The number of aliphatic hydroxyl groups is 1. The lowest BCUT2D eigenvalue weighted by Gasteiger charge is -2.17. The number of esters is 1. The molecule has 0 saturated carbocycles. The summed E-state index contributed by atoms with van der Waals surface area (Å²) < 4.78 is 9.78. The van der Waals surface area contributed by atoms with Gasteiger partial charge in [-0.15, -0.1) is 22.7 Å². The quantitative estimate of drug-likeness (QED) is 0.402. The largest absolute Gasteiger partial charge is 0.500 e. The summed E-state index contributed by atoms with van der Waals surface area (Å²) in [4.78, 5) is 20.5. The molecule has 27 heavy (non-hydrogen) atoms. The van der Waals surface area contributed by atoms with Crippen molar-refractivity contribution in [2.75, 3.05) is 14.2 Å². The lowest BCUT2D eigenvalue weighted by molar-refractivity contribution is -0.135. The van der Waals surface area contributed by atoms with Gasteiger partial charge in [0.2, 0.25) is 0 Å². The number of aliphatic hydroxyl groups excluding tert-OH is 1. The Morgan fingerprint density at radius 1 is 1.15 bits per heavy atom. The average Bonchev–Trinajstić information content (AvgIpc) is 3.32. The summed E-state index contributed by atoms with van der Waals surface area (Å²) >= 11 is 3.15. The molecule has 2 aromatic heterocycles. The molecule has 2 rings (SSSR count). The molecule has 0 bridgehead atoms. The van der Waals surface area contributed by atoms with Crippen LogP contribution in [0.1, 0.15) is 37.4 Å². The molecule has 0 spiro atoms. The molecule has 146 valence electrons. The molecule has 0 aromatic carbocycles. The van der Waals surface area contributed by atoms with Gasteiger partial charge in [-0.3, -0.25) is 0 Å². The van der Waals surface area contributed by atoms with Gasteiger partial charge in [-0.1, -0.05) is 26.8 Å². The normalized spacial score (nSPS) is 14.6. The number of carbonyl (C=O) groups excluding carboxylic acids is 1. The van der Waals surface area contributed by atoms with Crippen molar-refractivity contribution in [1.82, 2.24) is 9.97 Å². The van der Waals surface area contributed by atoms with Crippen molar-refractivity contribution in [3.8, 4) is 10.7 Å². The van der Waals surface area contributed by atoms with Crippen molar-refractivity contribution < 1.29 is 19.4 Å². The second kappa shape index (κ2) is 9.77. The Morgan fingerprint density at radius 3 is 2.48 bits per heavy atom. The summed E-state index contributed by atoms with van der Waals surface area (Å²) in [6.07, 6.45) is 3.78. The standard InChI is InChI=1S/C19H24N2O4S2/c1-11(2)18-21-14(10-27-18)19-20-13(9-26-19)6-7-15(22)12(3)16(24-4)8-17(23)25-5/h6-12,15,22H,1-5H3/b7-6+,16-8-/t12-,15+/m1/s1. The summed E-state index contributed by atoms with van der Waals surface area (Å²) in [5, 5.41) is 16.2. The van der Waals surface area contributed by atoms with Crippen LogP contribution >= 0.6 is 22.7 Å². The predicted octanol–water partition coefficient (Wildman–Crippen LogP) is 4.10. The molecule has 2 aromatic rings. The van der Waals surface area contributed by atoms with Crippen LogP contribution in [0.15, 0.2) is 28.7 Å². The van der Waals surface area contributed by atoms with Gasteiger partial charge in [0.05, 0.1) is 37.1 Å². The molecule has 0 saturated heterocycles. The Kier molecular flexibility index (Phi) is 7.70. The molecule has 0 amide bonds. The number of thiazole rings is 2. The van der Waals surface area contributed by atoms with E-state index in [1.54, 1.807) is 30.4 Å². The Labute approximate surface area is 167 Å². The zero-order valence-corrected chi connectivity index (χ0v) is 17.6. The first-order valence-corrected chi connectivity index (χ1v) is 10.2. The molecule has 1 N–H and O–H groups in total. The Hall–Kier alpha value is -2.03. The van der Waals surface area contributed by atoms with Crippen LogP contribution < -0.4 is 0 Å². The topological polar surface area (TPSA) is 81.5 Å². The average molecular weight is 409 g/mol. The van der Waals surface area contributed by atoms with Crippen molar-refractivity contribution in [3.63, 3.8) is 0 Å². The minimum Gasteiger partial charge on any atom is -0.500 e. The smallest absolute Gasteiger partial charge is 0.333 e. The second-order valence-corrected chi connectivity index (χ2v) is 7.96.